The first kappa shape index (κ1) is 9.22. The molecule has 1 unspecified atom stereocenters. The maximum atomic E-state index is 9.29. The lowest BCUT2D eigenvalue weighted by Crippen LogP contribution is -1.95. The molecule has 1 aromatic rings. The van der Waals surface area contributed by atoms with Crippen LogP contribution in [0.25, 0.3) is 0 Å². The summed E-state index contributed by atoms with van der Waals surface area (Å²) >= 11 is 1.47. The fourth-order valence-electron chi connectivity index (χ4n) is 0.720. The number of thioether (sulfide) groups is 1. The molecule has 0 aliphatic carbocycles. The van der Waals surface area contributed by atoms with E-state index in [2.05, 4.69) is 16.5 Å². The molecule has 1 N–H and O–H groups in total. The molecule has 0 fully saturated rings. The van der Waals surface area contributed by atoms with E-state index in [1.54, 1.807) is 12.4 Å². The smallest absolute Gasteiger partial charge is 0.187 e. The van der Waals surface area contributed by atoms with Crippen molar-refractivity contribution in [3.8, 4) is 0 Å². The summed E-state index contributed by atoms with van der Waals surface area (Å²) in [5, 5.41) is 9.99. The Labute approximate surface area is 75.6 Å². The highest BCUT2D eigenvalue weighted by Crippen LogP contribution is 2.13. The molecule has 1 aromatic heterocycles. The Morgan fingerprint density at radius 3 is 2.58 bits per heavy atom. The first-order valence-electron chi connectivity index (χ1n) is 3.44. The number of aliphatic hydroxyl groups is 1. The monoisotopic (exact) mass is 182 g/mol. The van der Waals surface area contributed by atoms with E-state index in [0.717, 1.165) is 0 Å². The maximum Gasteiger partial charge on any atom is 0.187 e. The van der Waals surface area contributed by atoms with Crippen LogP contribution in [0.3, 0.4) is 0 Å². The van der Waals surface area contributed by atoms with E-state index in [0.29, 0.717) is 10.7 Å². The molecule has 0 aliphatic rings. The number of hydrogen-bond acceptors (Lipinski definition) is 4. The van der Waals surface area contributed by atoms with Crippen molar-refractivity contribution in [3.05, 3.63) is 30.6 Å². The Hall–Kier alpha value is -0.870. The first-order valence-corrected chi connectivity index (χ1v) is 4.67. The normalized spacial score (nSPS) is 12.5. The van der Waals surface area contributed by atoms with Gasteiger partial charge in [-0.15, -0.1) is 6.58 Å². The van der Waals surface area contributed by atoms with Crippen molar-refractivity contribution in [2.45, 2.75) is 11.3 Å². The highest BCUT2D eigenvalue weighted by molar-refractivity contribution is 7.98. The van der Waals surface area contributed by atoms with Crippen molar-refractivity contribution in [3.63, 3.8) is 0 Å². The second kappa shape index (κ2) is 4.23. The summed E-state index contributed by atoms with van der Waals surface area (Å²) in [6.45, 7) is 3.47. The van der Waals surface area contributed by atoms with E-state index in [1.807, 2.05) is 6.26 Å². The zero-order valence-electron chi connectivity index (χ0n) is 6.77. The van der Waals surface area contributed by atoms with E-state index < -0.39 is 6.10 Å². The molecule has 0 aromatic carbocycles. The third kappa shape index (κ3) is 2.06. The van der Waals surface area contributed by atoms with Gasteiger partial charge >= 0.3 is 0 Å². The minimum absolute atomic E-state index is 0.666. The summed E-state index contributed by atoms with van der Waals surface area (Å²) in [4.78, 5) is 8.02. The summed E-state index contributed by atoms with van der Waals surface area (Å²) in [6.07, 6.45) is 5.88. The van der Waals surface area contributed by atoms with Crippen molar-refractivity contribution in [1.29, 1.82) is 0 Å². The van der Waals surface area contributed by atoms with Gasteiger partial charge in [0, 0.05) is 18.0 Å². The van der Waals surface area contributed by atoms with Crippen molar-refractivity contribution in [2.24, 2.45) is 0 Å². The van der Waals surface area contributed by atoms with Crippen molar-refractivity contribution < 1.29 is 5.11 Å². The van der Waals surface area contributed by atoms with Crippen LogP contribution in [-0.2, 0) is 0 Å². The Morgan fingerprint density at radius 2 is 2.17 bits per heavy atom. The molecule has 0 bridgehead atoms. The second-order valence-electron chi connectivity index (χ2n) is 2.18. The lowest BCUT2D eigenvalue weighted by atomic mass is 10.2. The van der Waals surface area contributed by atoms with Gasteiger partial charge in [0.05, 0.1) is 6.10 Å². The number of hydrogen-bond donors (Lipinski definition) is 1. The van der Waals surface area contributed by atoms with Gasteiger partial charge in [0.1, 0.15) is 0 Å². The van der Waals surface area contributed by atoms with Crippen LogP contribution in [0, 0.1) is 0 Å². The summed E-state index contributed by atoms with van der Waals surface area (Å²) < 4.78 is 0. The highest BCUT2D eigenvalue weighted by Gasteiger charge is 2.02. The third-order valence-electron chi connectivity index (χ3n) is 1.40. The molecule has 1 rings (SSSR count). The molecule has 12 heavy (non-hydrogen) atoms. The fraction of sp³-hybridized carbons (Fsp3) is 0.250. The van der Waals surface area contributed by atoms with Gasteiger partial charge in [0.2, 0.25) is 0 Å². The van der Waals surface area contributed by atoms with Gasteiger partial charge in [-0.2, -0.15) is 0 Å². The molecule has 1 atom stereocenters. The fourth-order valence-corrected chi connectivity index (χ4v) is 1.04. The number of rotatable bonds is 3. The number of nitrogens with zero attached hydrogens (tertiary/aromatic N) is 2. The van der Waals surface area contributed by atoms with Gasteiger partial charge in [-0.25, -0.2) is 9.97 Å². The summed E-state index contributed by atoms with van der Waals surface area (Å²) in [6, 6.07) is 0. The van der Waals surface area contributed by atoms with Crippen molar-refractivity contribution in [2.75, 3.05) is 6.26 Å². The molecule has 4 heteroatoms. The largest absolute Gasteiger partial charge is 0.384 e. The molecule has 1 heterocycles. The molecule has 0 saturated heterocycles. The average Bonchev–Trinajstić information content (AvgIpc) is 2.17. The predicted octanol–water partition coefficient (Wildman–Crippen LogP) is 1.42. The zero-order chi connectivity index (χ0) is 8.97. The van der Waals surface area contributed by atoms with E-state index in [4.69, 9.17) is 0 Å². The Kier molecular flexibility index (Phi) is 3.25. The molecule has 0 radical (unpaired) electrons. The van der Waals surface area contributed by atoms with Crippen LogP contribution in [0.15, 0.2) is 30.2 Å². The molecule has 0 amide bonds. The molecule has 64 valence electrons. The predicted molar refractivity (Wildman–Crippen MR) is 49.0 cm³/mol. The van der Waals surface area contributed by atoms with E-state index >= 15 is 0 Å². The quantitative estimate of drug-likeness (QED) is 0.436. The number of aliphatic hydroxyl groups excluding tert-OH is 1. The van der Waals surface area contributed by atoms with E-state index in [-0.39, 0.29) is 0 Å². The topological polar surface area (TPSA) is 46.0 Å². The number of aromatic nitrogens is 2. The molecule has 0 aliphatic heterocycles. The zero-order valence-corrected chi connectivity index (χ0v) is 7.58. The van der Waals surface area contributed by atoms with Crippen molar-refractivity contribution >= 4 is 11.8 Å². The summed E-state index contributed by atoms with van der Waals surface area (Å²) in [5.41, 5.74) is 0.669. The molecule has 3 nitrogen and oxygen atoms in total. The van der Waals surface area contributed by atoms with Gasteiger partial charge in [-0.3, -0.25) is 0 Å². The molecular weight excluding hydrogens is 172 g/mol. The molecule has 0 saturated carbocycles. The van der Waals surface area contributed by atoms with Gasteiger partial charge in [-0.05, 0) is 6.26 Å². The standard InChI is InChI=1S/C8H10N2OS/c1-3-7(11)6-4-9-8(12-2)10-5-6/h3-5,7,11H,1H2,2H3. The Balaban J connectivity index is 2.84. The SMILES string of the molecule is C=CC(O)c1cnc(SC)nc1. The van der Waals surface area contributed by atoms with Gasteiger partial charge in [0.25, 0.3) is 0 Å². The summed E-state index contributed by atoms with van der Waals surface area (Å²) in [5.74, 6) is 0. The van der Waals surface area contributed by atoms with Crippen LogP contribution in [0.2, 0.25) is 0 Å². The Bertz CT molecular complexity index is 260. The van der Waals surface area contributed by atoms with Crippen molar-refractivity contribution in [1.82, 2.24) is 9.97 Å². The van der Waals surface area contributed by atoms with E-state index in [1.165, 1.54) is 17.8 Å². The lowest BCUT2D eigenvalue weighted by molar-refractivity contribution is 0.228. The van der Waals surface area contributed by atoms with Crippen LogP contribution in [0.1, 0.15) is 11.7 Å². The van der Waals surface area contributed by atoms with E-state index in [9.17, 15) is 5.11 Å². The second-order valence-corrected chi connectivity index (χ2v) is 2.96. The van der Waals surface area contributed by atoms with Crippen LogP contribution < -0.4 is 0 Å². The highest BCUT2D eigenvalue weighted by atomic mass is 32.2. The maximum absolute atomic E-state index is 9.29. The Morgan fingerprint density at radius 1 is 1.58 bits per heavy atom. The lowest BCUT2D eigenvalue weighted by Gasteiger charge is -2.03. The van der Waals surface area contributed by atoms with Gasteiger partial charge in [0.15, 0.2) is 5.16 Å². The van der Waals surface area contributed by atoms with Gasteiger partial charge < -0.3 is 5.11 Å². The average molecular weight is 182 g/mol. The third-order valence-corrected chi connectivity index (χ3v) is 1.97. The molecular formula is C8H10N2OS. The minimum atomic E-state index is -0.666. The summed E-state index contributed by atoms with van der Waals surface area (Å²) in [7, 11) is 0. The van der Waals surface area contributed by atoms with Crippen LogP contribution in [0.5, 0.6) is 0 Å². The van der Waals surface area contributed by atoms with Crippen LogP contribution in [-0.4, -0.2) is 21.3 Å². The van der Waals surface area contributed by atoms with Crippen LogP contribution in [0.4, 0.5) is 0 Å². The molecule has 0 spiro atoms. The van der Waals surface area contributed by atoms with Gasteiger partial charge in [-0.1, -0.05) is 17.8 Å². The first-order chi connectivity index (χ1) is 5.77. The minimum Gasteiger partial charge on any atom is -0.384 e. The van der Waals surface area contributed by atoms with Crippen LogP contribution >= 0.6 is 11.8 Å².